The second-order valence-corrected chi connectivity index (χ2v) is 8.34. The van der Waals surface area contributed by atoms with E-state index in [1.165, 1.54) is 6.07 Å². The van der Waals surface area contributed by atoms with Gasteiger partial charge in [-0.25, -0.2) is 0 Å². The first kappa shape index (κ1) is 22.6. The van der Waals surface area contributed by atoms with Gasteiger partial charge in [-0.15, -0.1) is 0 Å². The van der Waals surface area contributed by atoms with E-state index in [0.717, 1.165) is 34.5 Å². The summed E-state index contributed by atoms with van der Waals surface area (Å²) in [6.45, 7) is 4.00. The molecule has 0 amide bonds. The highest BCUT2D eigenvalue weighted by Crippen LogP contribution is 2.41. The molecule has 0 aliphatic heterocycles. The predicted molar refractivity (Wildman–Crippen MR) is 125 cm³/mol. The van der Waals surface area contributed by atoms with E-state index < -0.39 is 21.2 Å². The molecule has 0 fully saturated rings. The van der Waals surface area contributed by atoms with Gasteiger partial charge in [-0.3, -0.25) is 25.2 Å². The Hall–Kier alpha value is -3.11. The van der Waals surface area contributed by atoms with Crippen molar-refractivity contribution in [3.8, 4) is 11.5 Å². The summed E-state index contributed by atoms with van der Waals surface area (Å²) in [4.78, 5) is 25.3. The zero-order chi connectivity index (χ0) is 22.7. The molecule has 10 heteroatoms. The van der Waals surface area contributed by atoms with Crippen molar-refractivity contribution in [3.63, 3.8) is 0 Å². The van der Waals surface area contributed by atoms with Gasteiger partial charge in [0.25, 0.3) is 5.69 Å². The third-order valence-corrected chi connectivity index (χ3v) is 5.47. The Balaban J connectivity index is 1.92. The summed E-state index contributed by atoms with van der Waals surface area (Å²) in [6.07, 6.45) is 1.70. The highest BCUT2D eigenvalue weighted by Gasteiger charge is 2.22. The Morgan fingerprint density at radius 2 is 1.61 bits per heavy atom. The van der Waals surface area contributed by atoms with Gasteiger partial charge in [-0.1, -0.05) is 17.7 Å². The van der Waals surface area contributed by atoms with Gasteiger partial charge in [0.2, 0.25) is 5.75 Å². The number of aliphatic imine (C=N–C) groups is 1. The second kappa shape index (κ2) is 9.36. The molecule has 0 spiro atoms. The minimum Gasteiger partial charge on any atom is -0.448 e. The van der Waals surface area contributed by atoms with Crippen molar-refractivity contribution in [2.24, 2.45) is 4.99 Å². The van der Waals surface area contributed by atoms with Crippen molar-refractivity contribution < 1.29 is 14.6 Å². The number of rotatable bonds is 6. The fourth-order valence-corrected chi connectivity index (χ4v) is 4.19. The minimum atomic E-state index is -0.727. The van der Waals surface area contributed by atoms with E-state index >= 15 is 0 Å². The van der Waals surface area contributed by atoms with E-state index in [0.29, 0.717) is 14.7 Å². The molecule has 0 saturated heterocycles. The number of non-ortho nitro benzene ring substituents is 1. The molecular weight excluding hydrogens is 534 g/mol. The summed E-state index contributed by atoms with van der Waals surface area (Å²) in [5.41, 5.74) is 2.93. The van der Waals surface area contributed by atoms with Gasteiger partial charge in [0, 0.05) is 12.3 Å². The maximum absolute atomic E-state index is 11.3. The van der Waals surface area contributed by atoms with Crippen LogP contribution in [0.1, 0.15) is 16.7 Å². The van der Waals surface area contributed by atoms with Gasteiger partial charge < -0.3 is 4.74 Å². The summed E-state index contributed by atoms with van der Waals surface area (Å²) < 4.78 is 6.76. The van der Waals surface area contributed by atoms with Crippen molar-refractivity contribution in [3.05, 3.63) is 94.4 Å². The molecule has 3 aromatic carbocycles. The largest absolute Gasteiger partial charge is 0.448 e. The van der Waals surface area contributed by atoms with Crippen LogP contribution in [0.4, 0.5) is 17.1 Å². The van der Waals surface area contributed by atoms with Crippen LogP contribution in [0.15, 0.2) is 62.5 Å². The first-order valence-electron chi connectivity index (χ1n) is 8.86. The zero-order valence-electron chi connectivity index (χ0n) is 16.3. The van der Waals surface area contributed by atoms with Crippen LogP contribution in [-0.2, 0) is 0 Å². The molecule has 3 rings (SSSR count). The molecule has 31 heavy (non-hydrogen) atoms. The van der Waals surface area contributed by atoms with Gasteiger partial charge in [0.15, 0.2) is 5.75 Å². The lowest BCUT2D eigenvalue weighted by atomic mass is 10.1. The Morgan fingerprint density at radius 3 is 2.19 bits per heavy atom. The number of nitro benzene ring substituents is 2. The minimum absolute atomic E-state index is 0.117. The van der Waals surface area contributed by atoms with Gasteiger partial charge in [0.05, 0.1) is 30.5 Å². The van der Waals surface area contributed by atoms with Crippen LogP contribution in [0, 0.1) is 34.1 Å². The Labute approximate surface area is 194 Å². The van der Waals surface area contributed by atoms with Crippen LogP contribution in [0.25, 0.3) is 0 Å². The van der Waals surface area contributed by atoms with E-state index in [9.17, 15) is 20.2 Å². The average molecular weight is 549 g/mol. The first-order chi connectivity index (χ1) is 14.7. The fourth-order valence-electron chi connectivity index (χ4n) is 2.80. The topological polar surface area (TPSA) is 108 Å². The second-order valence-electron chi connectivity index (χ2n) is 6.63. The molecule has 0 bridgehead atoms. The van der Waals surface area contributed by atoms with Gasteiger partial charge in [-0.2, -0.15) is 0 Å². The van der Waals surface area contributed by atoms with Crippen LogP contribution < -0.4 is 4.74 Å². The molecule has 0 N–H and O–H groups in total. The van der Waals surface area contributed by atoms with Crippen molar-refractivity contribution >= 4 is 55.1 Å². The van der Waals surface area contributed by atoms with Crippen molar-refractivity contribution in [1.29, 1.82) is 0 Å². The number of halogens is 2. The summed E-state index contributed by atoms with van der Waals surface area (Å²) in [6, 6.07) is 12.7. The maximum atomic E-state index is 11.3. The fraction of sp³-hybridized carbons (Fsp3) is 0.0952. The van der Waals surface area contributed by atoms with Crippen molar-refractivity contribution in [2.75, 3.05) is 0 Å². The zero-order valence-corrected chi connectivity index (χ0v) is 19.5. The third-order valence-electron chi connectivity index (χ3n) is 4.29. The predicted octanol–water partition coefficient (Wildman–Crippen LogP) is 7.19. The number of aryl methyl sites for hydroxylation is 2. The highest BCUT2D eigenvalue weighted by atomic mass is 79.9. The van der Waals surface area contributed by atoms with E-state index in [1.54, 1.807) is 18.3 Å². The van der Waals surface area contributed by atoms with Gasteiger partial charge >= 0.3 is 5.69 Å². The molecule has 0 aliphatic rings. The molecule has 0 aromatic heterocycles. The summed E-state index contributed by atoms with van der Waals surface area (Å²) in [5, 5.41) is 22.2. The molecule has 0 atom stereocenters. The van der Waals surface area contributed by atoms with Crippen LogP contribution in [0.3, 0.4) is 0 Å². The normalized spacial score (nSPS) is 11.0. The first-order valence-corrected chi connectivity index (χ1v) is 10.5. The number of benzene rings is 3. The van der Waals surface area contributed by atoms with Crippen LogP contribution in [0.2, 0.25) is 0 Å². The lowest BCUT2D eigenvalue weighted by Gasteiger charge is -2.11. The molecule has 0 heterocycles. The van der Waals surface area contributed by atoms with E-state index in [4.69, 9.17) is 4.74 Å². The molecule has 3 aromatic rings. The standard InChI is InChI=1S/C21H15Br2N3O5/c1-12-3-5-18(13(2)7-12)24-11-14-8-16(22)21(17(23)9-14)31-20-6-4-15(25(27)28)10-19(20)26(29)30/h3-11H,1-2H3. The van der Waals surface area contributed by atoms with Crippen molar-refractivity contribution in [1.82, 2.24) is 0 Å². The van der Waals surface area contributed by atoms with Crippen LogP contribution in [-0.4, -0.2) is 16.1 Å². The highest BCUT2D eigenvalue weighted by molar-refractivity contribution is 9.11. The van der Waals surface area contributed by atoms with Gasteiger partial charge in [0.1, 0.15) is 0 Å². The molecule has 0 aliphatic carbocycles. The number of ether oxygens (including phenoxy) is 1. The third kappa shape index (κ3) is 5.33. The number of nitro groups is 2. The Bertz CT molecular complexity index is 1200. The van der Waals surface area contributed by atoms with E-state index in [2.05, 4.69) is 36.9 Å². The summed E-state index contributed by atoms with van der Waals surface area (Å²) >= 11 is 6.82. The quantitative estimate of drug-likeness (QED) is 0.184. The van der Waals surface area contributed by atoms with E-state index in [-0.39, 0.29) is 5.75 Å². The average Bonchev–Trinajstić information content (AvgIpc) is 2.69. The van der Waals surface area contributed by atoms with Crippen LogP contribution in [0.5, 0.6) is 11.5 Å². The molecule has 158 valence electrons. The Morgan fingerprint density at radius 1 is 0.935 bits per heavy atom. The SMILES string of the molecule is Cc1ccc(N=Cc2cc(Br)c(Oc3ccc([N+](=O)[O-])cc3[N+](=O)[O-])c(Br)c2)c(C)c1. The smallest absolute Gasteiger partial charge is 0.318 e. The van der Waals surface area contributed by atoms with Crippen molar-refractivity contribution in [2.45, 2.75) is 13.8 Å². The number of hydrogen-bond donors (Lipinski definition) is 0. The number of hydrogen-bond acceptors (Lipinski definition) is 6. The maximum Gasteiger partial charge on any atom is 0.318 e. The van der Waals surface area contributed by atoms with Crippen LogP contribution >= 0.6 is 31.9 Å². The molecular formula is C21H15Br2N3O5. The Kier molecular flexibility index (Phi) is 6.81. The monoisotopic (exact) mass is 547 g/mol. The summed E-state index contributed by atoms with van der Waals surface area (Å²) in [7, 11) is 0. The molecule has 0 unspecified atom stereocenters. The molecule has 8 nitrogen and oxygen atoms in total. The lowest BCUT2D eigenvalue weighted by molar-refractivity contribution is -0.394. The lowest BCUT2D eigenvalue weighted by Crippen LogP contribution is -1.97. The molecule has 0 saturated carbocycles. The molecule has 0 radical (unpaired) electrons. The van der Waals surface area contributed by atoms with E-state index in [1.807, 2.05) is 32.0 Å². The summed E-state index contributed by atoms with van der Waals surface area (Å²) in [5.74, 6) is 0.175. The number of nitrogens with zero attached hydrogens (tertiary/aromatic N) is 3. The van der Waals surface area contributed by atoms with Gasteiger partial charge in [-0.05, 0) is 81.1 Å².